The number of carboxylic acid groups (broad SMARTS) is 1. The molecule has 6 heteroatoms. The summed E-state index contributed by atoms with van der Waals surface area (Å²) in [5.74, 6) is -1.05. The van der Waals surface area contributed by atoms with Gasteiger partial charge in [0, 0.05) is 26.1 Å². The number of ether oxygens (including phenoxy) is 1. The molecule has 6 nitrogen and oxygen atoms in total. The Morgan fingerprint density at radius 2 is 2.17 bits per heavy atom. The van der Waals surface area contributed by atoms with Crippen molar-refractivity contribution < 1.29 is 19.4 Å². The molecule has 2 rings (SSSR count). The van der Waals surface area contributed by atoms with E-state index < -0.39 is 11.4 Å². The third-order valence-electron chi connectivity index (χ3n) is 3.63. The maximum atomic E-state index is 12.1. The van der Waals surface area contributed by atoms with Crippen LogP contribution in [0.5, 0.6) is 0 Å². The van der Waals surface area contributed by atoms with Crippen LogP contribution in [-0.4, -0.2) is 60.3 Å². The SMILES string of the molecule is CC(C)(CC(=O)N1C[C@@H]2OCCN[C@@H]2C1)C(=O)O. The molecule has 102 valence electrons. The van der Waals surface area contributed by atoms with Crippen LogP contribution < -0.4 is 5.32 Å². The van der Waals surface area contributed by atoms with Gasteiger partial charge in [-0.2, -0.15) is 0 Å². The molecule has 0 bridgehead atoms. The minimum atomic E-state index is -1.01. The van der Waals surface area contributed by atoms with Crippen molar-refractivity contribution in [2.24, 2.45) is 5.41 Å². The van der Waals surface area contributed by atoms with E-state index in [4.69, 9.17) is 9.84 Å². The first kappa shape index (κ1) is 13.3. The molecule has 0 unspecified atom stereocenters. The summed E-state index contributed by atoms with van der Waals surface area (Å²) < 4.78 is 5.59. The Balaban J connectivity index is 1.93. The van der Waals surface area contributed by atoms with Crippen molar-refractivity contribution >= 4 is 11.9 Å². The van der Waals surface area contributed by atoms with Crippen molar-refractivity contribution in [1.82, 2.24) is 10.2 Å². The van der Waals surface area contributed by atoms with E-state index in [9.17, 15) is 9.59 Å². The Labute approximate surface area is 106 Å². The number of likely N-dealkylation sites (tertiary alicyclic amines) is 1. The van der Waals surface area contributed by atoms with Crippen LogP contribution in [0.15, 0.2) is 0 Å². The summed E-state index contributed by atoms with van der Waals surface area (Å²) in [5.41, 5.74) is -1.01. The number of hydrogen-bond acceptors (Lipinski definition) is 4. The fourth-order valence-corrected chi connectivity index (χ4v) is 2.36. The number of carbonyl (C=O) groups is 2. The lowest BCUT2D eigenvalue weighted by Crippen LogP contribution is -2.47. The number of carbonyl (C=O) groups excluding carboxylic acids is 1. The third kappa shape index (κ3) is 2.64. The van der Waals surface area contributed by atoms with Crippen LogP contribution in [0.1, 0.15) is 20.3 Å². The van der Waals surface area contributed by atoms with Crippen molar-refractivity contribution in [3.05, 3.63) is 0 Å². The molecule has 2 saturated heterocycles. The zero-order valence-corrected chi connectivity index (χ0v) is 10.8. The number of hydrogen-bond donors (Lipinski definition) is 2. The summed E-state index contributed by atoms with van der Waals surface area (Å²) >= 11 is 0. The molecule has 2 aliphatic rings. The number of morpholine rings is 1. The van der Waals surface area contributed by atoms with Gasteiger partial charge in [-0.25, -0.2) is 0 Å². The summed E-state index contributed by atoms with van der Waals surface area (Å²) in [6, 6.07) is 0.190. The number of carboxylic acids is 1. The van der Waals surface area contributed by atoms with E-state index in [1.165, 1.54) is 0 Å². The molecule has 2 fully saturated rings. The van der Waals surface area contributed by atoms with Gasteiger partial charge in [0.2, 0.25) is 5.91 Å². The molecule has 18 heavy (non-hydrogen) atoms. The van der Waals surface area contributed by atoms with Gasteiger partial charge >= 0.3 is 5.97 Å². The second-order valence-corrected chi connectivity index (χ2v) is 5.63. The molecule has 2 aliphatic heterocycles. The first-order valence-electron chi connectivity index (χ1n) is 6.26. The van der Waals surface area contributed by atoms with Crippen LogP contribution in [0.4, 0.5) is 0 Å². The van der Waals surface area contributed by atoms with Crippen LogP contribution in [0, 0.1) is 5.41 Å². The Kier molecular flexibility index (Phi) is 3.59. The smallest absolute Gasteiger partial charge is 0.309 e. The quantitative estimate of drug-likeness (QED) is 0.724. The lowest BCUT2D eigenvalue weighted by Gasteiger charge is -2.25. The molecular weight excluding hydrogens is 236 g/mol. The van der Waals surface area contributed by atoms with Gasteiger partial charge in [0.05, 0.1) is 24.2 Å². The normalized spacial score (nSPS) is 28.0. The Bertz CT molecular complexity index is 342. The largest absolute Gasteiger partial charge is 0.481 e. The van der Waals surface area contributed by atoms with E-state index in [2.05, 4.69) is 5.32 Å². The third-order valence-corrected chi connectivity index (χ3v) is 3.63. The molecule has 0 aromatic rings. The number of fused-ring (bicyclic) bond motifs is 1. The molecule has 1 amide bonds. The van der Waals surface area contributed by atoms with Gasteiger partial charge in [-0.05, 0) is 13.8 Å². The zero-order valence-electron chi connectivity index (χ0n) is 10.8. The van der Waals surface area contributed by atoms with E-state index in [0.29, 0.717) is 19.7 Å². The average molecular weight is 256 g/mol. The van der Waals surface area contributed by atoms with Gasteiger partial charge < -0.3 is 20.1 Å². The monoisotopic (exact) mass is 256 g/mol. The molecule has 0 aromatic heterocycles. The molecular formula is C12H20N2O4. The van der Waals surface area contributed by atoms with E-state index in [0.717, 1.165) is 6.54 Å². The molecule has 0 spiro atoms. The summed E-state index contributed by atoms with van der Waals surface area (Å²) in [6.45, 7) is 5.80. The predicted octanol–water partition coefficient (Wildman–Crippen LogP) is -0.313. The van der Waals surface area contributed by atoms with Gasteiger partial charge in [0.15, 0.2) is 0 Å². The molecule has 0 aliphatic carbocycles. The minimum Gasteiger partial charge on any atom is -0.481 e. The highest BCUT2D eigenvalue weighted by Crippen LogP contribution is 2.24. The number of amides is 1. The topological polar surface area (TPSA) is 78.9 Å². The van der Waals surface area contributed by atoms with E-state index in [1.807, 2.05) is 0 Å². The number of nitrogens with one attached hydrogen (secondary N) is 1. The van der Waals surface area contributed by atoms with Crippen molar-refractivity contribution in [1.29, 1.82) is 0 Å². The second kappa shape index (κ2) is 4.85. The maximum Gasteiger partial charge on any atom is 0.309 e. The van der Waals surface area contributed by atoms with Crippen LogP contribution in [0.2, 0.25) is 0 Å². The first-order chi connectivity index (χ1) is 8.40. The summed E-state index contributed by atoms with van der Waals surface area (Å²) in [4.78, 5) is 24.8. The summed E-state index contributed by atoms with van der Waals surface area (Å²) in [5, 5.41) is 12.3. The highest BCUT2D eigenvalue weighted by Gasteiger charge is 2.40. The van der Waals surface area contributed by atoms with E-state index >= 15 is 0 Å². The lowest BCUT2D eigenvalue weighted by molar-refractivity contribution is -0.151. The molecule has 0 radical (unpaired) electrons. The predicted molar refractivity (Wildman–Crippen MR) is 64.1 cm³/mol. The lowest BCUT2D eigenvalue weighted by atomic mass is 9.89. The standard InChI is InChI=1S/C12H20N2O4/c1-12(2,11(16)17)5-10(15)14-6-8-9(7-14)18-4-3-13-8/h8-9,13H,3-7H2,1-2H3,(H,16,17)/t8-,9+/m1/s1. The number of aliphatic carboxylic acids is 1. The minimum absolute atomic E-state index is 0.0295. The second-order valence-electron chi connectivity index (χ2n) is 5.63. The summed E-state index contributed by atoms with van der Waals surface area (Å²) in [6.07, 6.45) is 0.0811. The van der Waals surface area contributed by atoms with Crippen molar-refractivity contribution in [2.75, 3.05) is 26.2 Å². The molecule has 2 N–H and O–H groups in total. The van der Waals surface area contributed by atoms with Gasteiger partial charge in [-0.15, -0.1) is 0 Å². The van der Waals surface area contributed by atoms with E-state index in [1.54, 1.807) is 18.7 Å². The van der Waals surface area contributed by atoms with Crippen molar-refractivity contribution in [2.45, 2.75) is 32.4 Å². The van der Waals surface area contributed by atoms with Crippen LogP contribution in [0.25, 0.3) is 0 Å². The van der Waals surface area contributed by atoms with Gasteiger partial charge in [0.1, 0.15) is 0 Å². The van der Waals surface area contributed by atoms with Crippen molar-refractivity contribution in [3.8, 4) is 0 Å². The van der Waals surface area contributed by atoms with E-state index in [-0.39, 0.29) is 24.5 Å². The number of nitrogens with zero attached hydrogens (tertiary/aromatic N) is 1. The number of rotatable bonds is 3. The van der Waals surface area contributed by atoms with Crippen molar-refractivity contribution in [3.63, 3.8) is 0 Å². The Hall–Kier alpha value is -1.14. The molecule has 2 atom stereocenters. The first-order valence-corrected chi connectivity index (χ1v) is 6.26. The van der Waals surface area contributed by atoms with Gasteiger partial charge in [0.25, 0.3) is 0 Å². The van der Waals surface area contributed by atoms with Gasteiger partial charge in [-0.1, -0.05) is 0 Å². The van der Waals surface area contributed by atoms with Crippen LogP contribution in [0.3, 0.4) is 0 Å². The Morgan fingerprint density at radius 1 is 1.44 bits per heavy atom. The molecule has 2 heterocycles. The highest BCUT2D eigenvalue weighted by molar-refractivity contribution is 5.84. The highest BCUT2D eigenvalue weighted by atomic mass is 16.5. The molecule has 0 saturated carbocycles. The van der Waals surface area contributed by atoms with Crippen LogP contribution >= 0.6 is 0 Å². The van der Waals surface area contributed by atoms with Crippen LogP contribution in [-0.2, 0) is 14.3 Å². The zero-order chi connectivity index (χ0) is 13.3. The average Bonchev–Trinajstić information content (AvgIpc) is 2.71. The summed E-state index contributed by atoms with van der Waals surface area (Å²) in [7, 11) is 0. The van der Waals surface area contributed by atoms with Gasteiger partial charge in [-0.3, -0.25) is 9.59 Å². The fourth-order valence-electron chi connectivity index (χ4n) is 2.36. The fraction of sp³-hybridized carbons (Fsp3) is 0.833. The molecule has 0 aromatic carbocycles. The Morgan fingerprint density at radius 3 is 2.78 bits per heavy atom. The maximum absolute atomic E-state index is 12.1.